The van der Waals surface area contributed by atoms with Crippen LogP contribution in [-0.4, -0.2) is 43.3 Å². The zero-order valence-electron chi connectivity index (χ0n) is 24.8. The molecule has 1 aliphatic carbocycles. The summed E-state index contributed by atoms with van der Waals surface area (Å²) in [7, 11) is 2.81. The molecule has 230 valence electrons. The Morgan fingerprint density at radius 3 is 2.36 bits per heavy atom. The number of nitrogens with zero attached hydrogens (tertiary/aromatic N) is 5. The fourth-order valence-corrected chi connectivity index (χ4v) is 6.11. The van der Waals surface area contributed by atoms with E-state index in [0.717, 1.165) is 28.5 Å². The topological polar surface area (TPSA) is 116 Å². The minimum absolute atomic E-state index is 0.0212. The molecule has 0 radical (unpaired) electrons. The quantitative estimate of drug-likeness (QED) is 0.312. The minimum Gasteiger partial charge on any atom is -0.452 e. The lowest BCUT2D eigenvalue weighted by molar-refractivity contribution is -0.137. The molecule has 0 saturated heterocycles. The van der Waals surface area contributed by atoms with Crippen molar-refractivity contribution in [2.45, 2.75) is 32.2 Å². The number of rotatable bonds is 5. The van der Waals surface area contributed by atoms with E-state index in [1.807, 2.05) is 6.08 Å². The van der Waals surface area contributed by atoms with Crippen LogP contribution in [0.15, 0.2) is 75.0 Å². The number of hydrogen-bond acceptors (Lipinski definition) is 7. The van der Waals surface area contributed by atoms with Gasteiger partial charge in [-0.15, -0.1) is 0 Å². The molecule has 1 amide bonds. The SMILES string of the molecule is Cc1c(C(=O)OCC(=O)N2N=C3/C(=C\c4ccc(F)cc4)CCCC3C2c2ccc(F)cc2)cnc2c1c(=O)n(C)c(=O)n2C. The Hall–Kier alpha value is -5.26. The Bertz CT molecular complexity index is 2030. The smallest absolute Gasteiger partial charge is 0.340 e. The van der Waals surface area contributed by atoms with Gasteiger partial charge in [0.25, 0.3) is 11.5 Å². The zero-order chi connectivity index (χ0) is 32.0. The van der Waals surface area contributed by atoms with Gasteiger partial charge >= 0.3 is 11.7 Å². The Labute approximate surface area is 255 Å². The lowest BCUT2D eigenvalue weighted by Crippen LogP contribution is -2.38. The number of halogens is 2. The number of carbonyl (C=O) groups is 2. The highest BCUT2D eigenvalue weighted by atomic mass is 19.1. The van der Waals surface area contributed by atoms with Crippen molar-refractivity contribution >= 4 is 34.7 Å². The summed E-state index contributed by atoms with van der Waals surface area (Å²) in [5.41, 5.74) is 2.29. The molecule has 10 nitrogen and oxygen atoms in total. The number of carbonyl (C=O) groups excluding carboxylic acids is 2. The highest BCUT2D eigenvalue weighted by Crippen LogP contribution is 2.44. The van der Waals surface area contributed by atoms with Crippen LogP contribution >= 0.6 is 0 Å². The minimum atomic E-state index is -0.870. The van der Waals surface area contributed by atoms with E-state index in [1.165, 1.54) is 54.1 Å². The van der Waals surface area contributed by atoms with Crippen molar-refractivity contribution in [3.8, 4) is 0 Å². The Morgan fingerprint density at radius 2 is 1.67 bits per heavy atom. The van der Waals surface area contributed by atoms with Crippen LogP contribution in [0, 0.1) is 24.5 Å². The maximum absolute atomic E-state index is 13.8. The molecule has 12 heteroatoms. The Kier molecular flexibility index (Phi) is 7.73. The summed E-state index contributed by atoms with van der Waals surface area (Å²) >= 11 is 0. The average Bonchev–Trinajstić information content (AvgIpc) is 3.43. The number of benzene rings is 2. The van der Waals surface area contributed by atoms with Gasteiger partial charge in [0.1, 0.15) is 17.3 Å². The second-order valence-corrected chi connectivity index (χ2v) is 11.2. The van der Waals surface area contributed by atoms with Gasteiger partial charge in [-0.1, -0.05) is 24.3 Å². The summed E-state index contributed by atoms with van der Waals surface area (Å²) in [6.07, 6.45) is 5.39. The summed E-state index contributed by atoms with van der Waals surface area (Å²) in [4.78, 5) is 56.1. The lowest BCUT2D eigenvalue weighted by Gasteiger charge is -2.29. The number of esters is 1. The molecule has 1 aliphatic heterocycles. The van der Waals surface area contributed by atoms with E-state index in [4.69, 9.17) is 9.84 Å². The van der Waals surface area contributed by atoms with Gasteiger partial charge in [0, 0.05) is 26.2 Å². The molecule has 1 fully saturated rings. The number of aromatic nitrogens is 3. The first-order chi connectivity index (χ1) is 21.5. The van der Waals surface area contributed by atoms with Crippen molar-refractivity contribution in [3.63, 3.8) is 0 Å². The van der Waals surface area contributed by atoms with Crippen LogP contribution < -0.4 is 11.2 Å². The molecule has 2 aromatic heterocycles. The van der Waals surface area contributed by atoms with Crippen LogP contribution in [0.3, 0.4) is 0 Å². The van der Waals surface area contributed by atoms with Crippen LogP contribution in [0.25, 0.3) is 17.1 Å². The average molecular weight is 614 g/mol. The van der Waals surface area contributed by atoms with Crippen LogP contribution in [0.2, 0.25) is 0 Å². The molecule has 2 unspecified atom stereocenters. The highest BCUT2D eigenvalue weighted by Gasteiger charge is 2.44. The molecule has 0 N–H and O–H groups in total. The maximum Gasteiger partial charge on any atom is 0.340 e. The standard InChI is InChI=1S/C33H29F2N5O5/c1-18-25(16-36-30-27(18)31(42)39(3)33(44)38(30)2)32(43)45-17-26(41)40-29(20-9-13-23(35)14-10-20)24-6-4-5-21(28(24)37-40)15-19-7-11-22(34)12-8-19/h7-16,24,29H,4-6,17H2,1-3H3/b21-15-. The molecular formula is C33H29F2N5O5. The summed E-state index contributed by atoms with van der Waals surface area (Å²) in [6, 6.07) is 11.4. The Morgan fingerprint density at radius 1 is 1.00 bits per heavy atom. The van der Waals surface area contributed by atoms with Gasteiger partial charge in [0.05, 0.1) is 22.7 Å². The van der Waals surface area contributed by atoms with Gasteiger partial charge < -0.3 is 4.74 Å². The van der Waals surface area contributed by atoms with E-state index in [0.29, 0.717) is 17.7 Å². The third-order valence-electron chi connectivity index (χ3n) is 8.45. The van der Waals surface area contributed by atoms with Crippen molar-refractivity contribution in [1.82, 2.24) is 19.1 Å². The van der Waals surface area contributed by atoms with Gasteiger partial charge in [-0.3, -0.25) is 18.7 Å². The summed E-state index contributed by atoms with van der Waals surface area (Å²) in [5, 5.41) is 6.10. The maximum atomic E-state index is 13.8. The van der Waals surface area contributed by atoms with Crippen LogP contribution in [-0.2, 0) is 23.6 Å². The van der Waals surface area contributed by atoms with Crippen LogP contribution in [0.5, 0.6) is 0 Å². The van der Waals surface area contributed by atoms with Gasteiger partial charge in [-0.2, -0.15) is 5.10 Å². The predicted molar refractivity (Wildman–Crippen MR) is 162 cm³/mol. The number of hydrogen-bond donors (Lipinski definition) is 0. The fourth-order valence-electron chi connectivity index (χ4n) is 6.11. The van der Waals surface area contributed by atoms with Crippen LogP contribution in [0.4, 0.5) is 8.78 Å². The molecule has 0 spiro atoms. The first-order valence-corrected chi connectivity index (χ1v) is 14.4. The fraction of sp³-hybridized carbons (Fsp3) is 0.273. The molecule has 2 aromatic carbocycles. The number of ether oxygens (including phenoxy) is 1. The summed E-state index contributed by atoms with van der Waals surface area (Å²) < 4.78 is 34.9. The van der Waals surface area contributed by atoms with Crippen molar-refractivity contribution in [1.29, 1.82) is 0 Å². The Balaban J connectivity index is 1.30. The van der Waals surface area contributed by atoms with E-state index >= 15 is 0 Å². The van der Waals surface area contributed by atoms with Crippen molar-refractivity contribution in [3.05, 3.63) is 115 Å². The van der Waals surface area contributed by atoms with Gasteiger partial charge in [0.15, 0.2) is 6.61 Å². The number of aryl methyl sites for hydroxylation is 2. The molecular weight excluding hydrogens is 584 g/mol. The molecule has 4 aromatic rings. The third-order valence-corrected chi connectivity index (χ3v) is 8.45. The third kappa shape index (κ3) is 5.36. The number of pyridine rings is 1. The zero-order valence-corrected chi connectivity index (χ0v) is 24.8. The number of hydrazone groups is 1. The summed E-state index contributed by atoms with van der Waals surface area (Å²) in [5.74, 6) is -2.41. The largest absolute Gasteiger partial charge is 0.452 e. The van der Waals surface area contributed by atoms with E-state index in [-0.39, 0.29) is 33.9 Å². The molecule has 0 bridgehead atoms. The van der Waals surface area contributed by atoms with Gasteiger partial charge in [-0.05, 0) is 78.8 Å². The predicted octanol–water partition coefficient (Wildman–Crippen LogP) is 4.20. The molecule has 6 rings (SSSR count). The van der Waals surface area contributed by atoms with Crippen molar-refractivity contribution in [2.75, 3.05) is 6.61 Å². The van der Waals surface area contributed by atoms with Crippen LogP contribution in [0.1, 0.15) is 52.4 Å². The summed E-state index contributed by atoms with van der Waals surface area (Å²) in [6.45, 7) is 0.894. The van der Waals surface area contributed by atoms with Gasteiger partial charge in [-0.25, -0.2) is 28.4 Å². The van der Waals surface area contributed by atoms with Gasteiger partial charge in [0.2, 0.25) is 0 Å². The lowest BCUT2D eigenvalue weighted by atomic mass is 9.77. The number of amides is 1. The monoisotopic (exact) mass is 613 g/mol. The van der Waals surface area contributed by atoms with E-state index in [1.54, 1.807) is 31.2 Å². The number of allylic oxidation sites excluding steroid dienone is 1. The normalized spacial score (nSPS) is 18.6. The van der Waals surface area contributed by atoms with E-state index in [2.05, 4.69) is 4.98 Å². The van der Waals surface area contributed by atoms with E-state index < -0.39 is 41.6 Å². The van der Waals surface area contributed by atoms with Crippen molar-refractivity contribution < 1.29 is 23.1 Å². The molecule has 3 heterocycles. The second kappa shape index (κ2) is 11.7. The first kappa shape index (κ1) is 29.8. The second-order valence-electron chi connectivity index (χ2n) is 11.2. The molecule has 2 aliphatic rings. The van der Waals surface area contributed by atoms with Crippen molar-refractivity contribution in [2.24, 2.45) is 25.1 Å². The van der Waals surface area contributed by atoms with E-state index in [9.17, 15) is 28.0 Å². The highest BCUT2D eigenvalue weighted by molar-refractivity contribution is 6.08. The molecule has 45 heavy (non-hydrogen) atoms. The number of fused-ring (bicyclic) bond motifs is 2. The molecule has 2 atom stereocenters. The first-order valence-electron chi connectivity index (χ1n) is 14.4. The molecule has 1 saturated carbocycles.